The fourth-order valence-corrected chi connectivity index (χ4v) is 3.53. The number of carbonyl (C=O) groups excluding carboxylic acids is 2. The molecule has 21 heavy (non-hydrogen) atoms. The SMILES string of the molecule is CC1CCC(CN2C(=O)C(C(C)C)NC(=O)C2C2CC2)O1. The first-order valence-corrected chi connectivity index (χ1v) is 8.23. The first kappa shape index (κ1) is 14.8. The predicted octanol–water partition coefficient (Wildman–Crippen LogP) is 1.32. The Balaban J connectivity index is 1.77. The van der Waals surface area contributed by atoms with E-state index >= 15 is 0 Å². The van der Waals surface area contributed by atoms with Gasteiger partial charge in [-0.2, -0.15) is 0 Å². The highest BCUT2D eigenvalue weighted by Gasteiger charge is 2.49. The van der Waals surface area contributed by atoms with Crippen molar-refractivity contribution in [3.63, 3.8) is 0 Å². The van der Waals surface area contributed by atoms with Gasteiger partial charge in [0.25, 0.3) is 0 Å². The van der Waals surface area contributed by atoms with Crippen molar-refractivity contribution in [2.45, 2.75) is 70.7 Å². The summed E-state index contributed by atoms with van der Waals surface area (Å²) in [5, 5.41) is 2.93. The topological polar surface area (TPSA) is 58.6 Å². The summed E-state index contributed by atoms with van der Waals surface area (Å²) >= 11 is 0. The van der Waals surface area contributed by atoms with Crippen molar-refractivity contribution >= 4 is 11.8 Å². The molecule has 2 heterocycles. The molecule has 5 heteroatoms. The second-order valence-corrected chi connectivity index (χ2v) is 7.15. The number of hydrogen-bond donors (Lipinski definition) is 1. The monoisotopic (exact) mass is 294 g/mol. The van der Waals surface area contributed by atoms with E-state index in [1.165, 1.54) is 0 Å². The van der Waals surface area contributed by atoms with Gasteiger partial charge in [-0.25, -0.2) is 0 Å². The Morgan fingerprint density at radius 2 is 1.95 bits per heavy atom. The van der Waals surface area contributed by atoms with Gasteiger partial charge in [-0.3, -0.25) is 9.59 Å². The van der Waals surface area contributed by atoms with E-state index < -0.39 is 0 Å². The van der Waals surface area contributed by atoms with Gasteiger partial charge >= 0.3 is 0 Å². The summed E-state index contributed by atoms with van der Waals surface area (Å²) in [5.74, 6) is 0.569. The van der Waals surface area contributed by atoms with Gasteiger partial charge in [-0.1, -0.05) is 13.8 Å². The van der Waals surface area contributed by atoms with E-state index in [1.54, 1.807) is 0 Å². The summed E-state index contributed by atoms with van der Waals surface area (Å²) in [6, 6.07) is -0.654. The largest absolute Gasteiger partial charge is 0.373 e. The maximum atomic E-state index is 12.8. The van der Waals surface area contributed by atoms with Crippen LogP contribution < -0.4 is 5.32 Å². The minimum absolute atomic E-state index is 0.0295. The minimum atomic E-state index is -0.383. The molecule has 3 aliphatic rings. The van der Waals surface area contributed by atoms with Crippen molar-refractivity contribution in [3.8, 4) is 0 Å². The molecule has 0 radical (unpaired) electrons. The number of piperazine rings is 1. The molecule has 1 N–H and O–H groups in total. The van der Waals surface area contributed by atoms with Gasteiger partial charge < -0.3 is 15.0 Å². The van der Waals surface area contributed by atoms with E-state index in [1.807, 2.05) is 18.7 Å². The highest BCUT2D eigenvalue weighted by atomic mass is 16.5. The van der Waals surface area contributed by atoms with E-state index in [2.05, 4.69) is 12.2 Å². The number of rotatable bonds is 4. The van der Waals surface area contributed by atoms with E-state index in [-0.39, 0.29) is 42.0 Å². The van der Waals surface area contributed by atoms with Crippen molar-refractivity contribution in [1.82, 2.24) is 10.2 Å². The zero-order chi connectivity index (χ0) is 15.1. The summed E-state index contributed by atoms with van der Waals surface area (Å²) < 4.78 is 5.87. The molecule has 1 saturated carbocycles. The van der Waals surface area contributed by atoms with Crippen LogP contribution in [-0.2, 0) is 14.3 Å². The third kappa shape index (κ3) is 2.93. The van der Waals surface area contributed by atoms with Crippen LogP contribution in [0.4, 0.5) is 0 Å². The van der Waals surface area contributed by atoms with Crippen LogP contribution in [0.3, 0.4) is 0 Å². The number of nitrogens with zero attached hydrogens (tertiary/aromatic N) is 1. The van der Waals surface area contributed by atoms with Crippen LogP contribution in [0.5, 0.6) is 0 Å². The second kappa shape index (κ2) is 5.59. The number of hydrogen-bond acceptors (Lipinski definition) is 3. The zero-order valence-corrected chi connectivity index (χ0v) is 13.2. The van der Waals surface area contributed by atoms with Crippen LogP contribution in [0.25, 0.3) is 0 Å². The fraction of sp³-hybridized carbons (Fsp3) is 0.875. The Bertz CT molecular complexity index is 433. The van der Waals surface area contributed by atoms with Gasteiger partial charge in [-0.05, 0) is 44.4 Å². The van der Waals surface area contributed by atoms with Crippen molar-refractivity contribution in [1.29, 1.82) is 0 Å². The first-order chi connectivity index (χ1) is 9.97. The summed E-state index contributed by atoms with van der Waals surface area (Å²) in [6.07, 6.45) is 4.48. The van der Waals surface area contributed by atoms with E-state index in [4.69, 9.17) is 4.74 Å². The lowest BCUT2D eigenvalue weighted by Gasteiger charge is -2.41. The standard InChI is InChI=1S/C16H26N2O3/c1-9(2)13-16(20)18(8-12-7-4-10(3)21-12)14(11-5-6-11)15(19)17-13/h9-14H,4-8H2,1-3H3,(H,17,19). The molecule has 4 unspecified atom stereocenters. The Hall–Kier alpha value is -1.10. The van der Waals surface area contributed by atoms with Crippen LogP contribution in [0, 0.1) is 11.8 Å². The molecule has 3 fully saturated rings. The lowest BCUT2D eigenvalue weighted by atomic mass is 9.95. The molecule has 0 aromatic carbocycles. The molecule has 4 atom stereocenters. The summed E-state index contributed by atoms with van der Waals surface area (Å²) in [6.45, 7) is 6.60. The first-order valence-electron chi connectivity index (χ1n) is 8.23. The number of nitrogens with one attached hydrogen (secondary N) is 1. The smallest absolute Gasteiger partial charge is 0.246 e. The predicted molar refractivity (Wildman–Crippen MR) is 78.6 cm³/mol. The van der Waals surface area contributed by atoms with Crippen LogP contribution in [0.15, 0.2) is 0 Å². The summed E-state index contributed by atoms with van der Waals surface area (Å²) in [5.41, 5.74) is 0. The van der Waals surface area contributed by atoms with Gasteiger partial charge in [0.15, 0.2) is 0 Å². The normalized spacial score (nSPS) is 37.2. The van der Waals surface area contributed by atoms with Crippen LogP contribution in [-0.4, -0.2) is 47.6 Å². The highest BCUT2D eigenvalue weighted by Crippen LogP contribution is 2.38. The fourth-order valence-electron chi connectivity index (χ4n) is 3.53. The van der Waals surface area contributed by atoms with E-state index in [0.29, 0.717) is 12.5 Å². The average Bonchev–Trinajstić information content (AvgIpc) is 3.16. The van der Waals surface area contributed by atoms with Crippen molar-refractivity contribution < 1.29 is 14.3 Å². The minimum Gasteiger partial charge on any atom is -0.373 e. The van der Waals surface area contributed by atoms with Gasteiger partial charge in [0.2, 0.25) is 11.8 Å². The zero-order valence-electron chi connectivity index (χ0n) is 13.2. The van der Waals surface area contributed by atoms with Gasteiger partial charge in [-0.15, -0.1) is 0 Å². The molecule has 1 aliphatic carbocycles. The second-order valence-electron chi connectivity index (χ2n) is 7.15. The maximum absolute atomic E-state index is 12.8. The van der Waals surface area contributed by atoms with Crippen molar-refractivity contribution in [2.24, 2.45) is 11.8 Å². The average molecular weight is 294 g/mol. The summed E-state index contributed by atoms with van der Waals surface area (Å²) in [7, 11) is 0. The van der Waals surface area contributed by atoms with E-state index in [9.17, 15) is 9.59 Å². The Labute approximate surface area is 126 Å². The summed E-state index contributed by atoms with van der Waals surface area (Å²) in [4.78, 5) is 27.0. The Morgan fingerprint density at radius 3 is 2.48 bits per heavy atom. The van der Waals surface area contributed by atoms with Gasteiger partial charge in [0.1, 0.15) is 12.1 Å². The van der Waals surface area contributed by atoms with Crippen molar-refractivity contribution in [2.75, 3.05) is 6.54 Å². The van der Waals surface area contributed by atoms with Crippen LogP contribution in [0.1, 0.15) is 46.5 Å². The number of ether oxygens (including phenoxy) is 1. The molecule has 2 saturated heterocycles. The molecule has 5 nitrogen and oxygen atoms in total. The molecule has 118 valence electrons. The number of amides is 2. The van der Waals surface area contributed by atoms with Gasteiger partial charge in [0.05, 0.1) is 12.2 Å². The molecule has 0 aromatic rings. The third-order valence-electron chi connectivity index (χ3n) is 4.91. The van der Waals surface area contributed by atoms with Crippen LogP contribution in [0.2, 0.25) is 0 Å². The van der Waals surface area contributed by atoms with Crippen LogP contribution >= 0.6 is 0 Å². The molecule has 0 aromatic heterocycles. The lowest BCUT2D eigenvalue weighted by molar-refractivity contribution is -0.153. The lowest BCUT2D eigenvalue weighted by Crippen LogP contribution is -2.66. The molecule has 3 rings (SSSR count). The quantitative estimate of drug-likeness (QED) is 0.850. The Kier molecular flexibility index (Phi) is 3.95. The Morgan fingerprint density at radius 1 is 1.24 bits per heavy atom. The molecule has 0 bridgehead atoms. The third-order valence-corrected chi connectivity index (χ3v) is 4.91. The molecular weight excluding hydrogens is 268 g/mol. The molecule has 2 aliphatic heterocycles. The van der Waals surface area contributed by atoms with E-state index in [0.717, 1.165) is 25.7 Å². The van der Waals surface area contributed by atoms with Crippen molar-refractivity contribution in [3.05, 3.63) is 0 Å². The van der Waals surface area contributed by atoms with Gasteiger partial charge in [0, 0.05) is 6.54 Å². The molecule has 2 amide bonds. The highest BCUT2D eigenvalue weighted by molar-refractivity contribution is 5.97. The maximum Gasteiger partial charge on any atom is 0.246 e. The number of carbonyl (C=O) groups is 2. The molecule has 0 spiro atoms. The molecular formula is C16H26N2O3.